The van der Waals surface area contributed by atoms with Crippen LogP contribution in [-0.4, -0.2) is 11.5 Å². The topological polar surface area (TPSA) is 50.9 Å². The van der Waals surface area contributed by atoms with E-state index in [1.54, 1.807) is 0 Å². The molecule has 1 aliphatic carbocycles. The maximum absolute atomic E-state index is 6.00. The summed E-state index contributed by atoms with van der Waals surface area (Å²) < 4.78 is 0. The predicted octanol–water partition coefficient (Wildman–Crippen LogP) is 4.20. The number of hydrogen-bond acceptors (Lipinski definition) is 3. The Balaban J connectivity index is 1.67. The first kappa shape index (κ1) is 13.2. The van der Waals surface area contributed by atoms with Crippen LogP contribution in [0.4, 0.5) is 11.4 Å². The summed E-state index contributed by atoms with van der Waals surface area (Å²) in [5, 5.41) is 5.79. The second-order valence-corrected chi connectivity index (χ2v) is 5.84. The Morgan fingerprint density at radius 2 is 1.95 bits per heavy atom. The van der Waals surface area contributed by atoms with Crippen LogP contribution in [0.3, 0.4) is 0 Å². The minimum absolute atomic E-state index is 0.797. The summed E-state index contributed by atoms with van der Waals surface area (Å²) in [6, 6.07) is 6.08. The van der Waals surface area contributed by atoms with E-state index in [0.29, 0.717) is 0 Å². The Hall–Kier alpha value is -1.77. The minimum atomic E-state index is 0.797. The number of aromatic nitrogens is 1. The zero-order chi connectivity index (χ0) is 13.8. The second-order valence-electron chi connectivity index (χ2n) is 5.84. The number of pyridine rings is 1. The molecule has 20 heavy (non-hydrogen) atoms. The van der Waals surface area contributed by atoms with Gasteiger partial charge in [-0.15, -0.1) is 0 Å². The Morgan fingerprint density at radius 3 is 2.80 bits per heavy atom. The standard InChI is InChI=1S/C17H23N3/c18-16-6-7-17(14-9-10-19-12-15(14)16)20-11-8-13-4-2-1-3-5-13/h6-7,9-10,12-13,20H,1-5,8,11,18H2. The maximum Gasteiger partial charge on any atom is 0.0422 e. The first-order chi connectivity index (χ1) is 9.84. The van der Waals surface area contributed by atoms with Gasteiger partial charge in [0.15, 0.2) is 0 Å². The molecule has 106 valence electrons. The van der Waals surface area contributed by atoms with E-state index in [1.807, 2.05) is 24.5 Å². The van der Waals surface area contributed by atoms with E-state index in [1.165, 1.54) is 49.6 Å². The lowest BCUT2D eigenvalue weighted by Gasteiger charge is -2.22. The van der Waals surface area contributed by atoms with Crippen molar-refractivity contribution in [2.45, 2.75) is 38.5 Å². The van der Waals surface area contributed by atoms with E-state index >= 15 is 0 Å². The van der Waals surface area contributed by atoms with E-state index in [4.69, 9.17) is 5.73 Å². The third-order valence-corrected chi connectivity index (χ3v) is 4.44. The molecule has 1 heterocycles. The molecule has 1 aliphatic rings. The van der Waals surface area contributed by atoms with Crippen LogP contribution >= 0.6 is 0 Å². The third-order valence-electron chi connectivity index (χ3n) is 4.44. The monoisotopic (exact) mass is 269 g/mol. The van der Waals surface area contributed by atoms with Crippen molar-refractivity contribution in [1.82, 2.24) is 4.98 Å². The average molecular weight is 269 g/mol. The van der Waals surface area contributed by atoms with Crippen LogP contribution in [-0.2, 0) is 0 Å². The van der Waals surface area contributed by atoms with Gasteiger partial charge in [-0.3, -0.25) is 4.98 Å². The van der Waals surface area contributed by atoms with Crippen LogP contribution < -0.4 is 11.1 Å². The number of nitrogen functional groups attached to an aromatic ring is 1. The highest BCUT2D eigenvalue weighted by Gasteiger charge is 2.13. The van der Waals surface area contributed by atoms with Gasteiger partial charge in [0.05, 0.1) is 0 Å². The van der Waals surface area contributed by atoms with Crippen molar-refractivity contribution in [3.05, 3.63) is 30.6 Å². The molecule has 0 spiro atoms. The lowest BCUT2D eigenvalue weighted by Crippen LogP contribution is -2.12. The largest absolute Gasteiger partial charge is 0.398 e. The lowest BCUT2D eigenvalue weighted by atomic mass is 9.87. The quantitative estimate of drug-likeness (QED) is 0.818. The summed E-state index contributed by atoms with van der Waals surface area (Å²) in [5.41, 5.74) is 7.97. The molecule has 0 bridgehead atoms. The molecule has 0 amide bonds. The van der Waals surface area contributed by atoms with Gasteiger partial charge in [0.2, 0.25) is 0 Å². The fourth-order valence-electron chi connectivity index (χ4n) is 3.25. The van der Waals surface area contributed by atoms with Gasteiger partial charge in [0.1, 0.15) is 0 Å². The molecule has 0 atom stereocenters. The molecule has 3 heteroatoms. The molecule has 3 rings (SSSR count). The fourth-order valence-corrected chi connectivity index (χ4v) is 3.25. The van der Waals surface area contributed by atoms with E-state index in [0.717, 1.165) is 23.5 Å². The Bertz CT molecular complexity index is 573. The summed E-state index contributed by atoms with van der Waals surface area (Å²) in [4.78, 5) is 4.16. The van der Waals surface area contributed by atoms with Crippen molar-refractivity contribution in [2.24, 2.45) is 5.92 Å². The number of fused-ring (bicyclic) bond motifs is 1. The average Bonchev–Trinajstić information content (AvgIpc) is 2.51. The van der Waals surface area contributed by atoms with Gasteiger partial charge in [-0.2, -0.15) is 0 Å². The molecule has 1 aromatic heterocycles. The predicted molar refractivity (Wildman–Crippen MR) is 85.8 cm³/mol. The van der Waals surface area contributed by atoms with Crippen LogP contribution in [0, 0.1) is 5.92 Å². The van der Waals surface area contributed by atoms with Crippen molar-refractivity contribution in [2.75, 3.05) is 17.6 Å². The van der Waals surface area contributed by atoms with Gasteiger partial charge in [-0.1, -0.05) is 32.1 Å². The van der Waals surface area contributed by atoms with Crippen LogP contribution in [0.25, 0.3) is 10.8 Å². The summed E-state index contributed by atoms with van der Waals surface area (Å²) in [5.74, 6) is 0.915. The Kier molecular flexibility index (Phi) is 4.05. The van der Waals surface area contributed by atoms with Gasteiger partial charge < -0.3 is 11.1 Å². The number of nitrogens with one attached hydrogen (secondary N) is 1. The molecular weight excluding hydrogens is 246 g/mol. The third kappa shape index (κ3) is 2.87. The first-order valence-electron chi connectivity index (χ1n) is 7.70. The molecule has 2 aromatic rings. The molecule has 0 aliphatic heterocycles. The van der Waals surface area contributed by atoms with Crippen LogP contribution in [0.2, 0.25) is 0 Å². The summed E-state index contributed by atoms with van der Waals surface area (Å²) in [6.45, 7) is 1.05. The van der Waals surface area contributed by atoms with Crippen molar-refractivity contribution in [3.63, 3.8) is 0 Å². The molecule has 1 saturated carbocycles. The summed E-state index contributed by atoms with van der Waals surface area (Å²) in [6.07, 6.45) is 12.0. The van der Waals surface area contributed by atoms with E-state index in [9.17, 15) is 0 Å². The maximum atomic E-state index is 6.00. The smallest absolute Gasteiger partial charge is 0.0422 e. The Labute approximate surface area is 120 Å². The number of rotatable bonds is 4. The number of nitrogens with two attached hydrogens (primary N) is 1. The number of hydrogen-bond donors (Lipinski definition) is 2. The van der Waals surface area contributed by atoms with Gasteiger partial charge in [-0.05, 0) is 30.5 Å². The highest BCUT2D eigenvalue weighted by Crippen LogP contribution is 2.29. The van der Waals surface area contributed by atoms with Crippen LogP contribution in [0.1, 0.15) is 38.5 Å². The zero-order valence-electron chi connectivity index (χ0n) is 11.9. The van der Waals surface area contributed by atoms with Gasteiger partial charge in [-0.25, -0.2) is 0 Å². The fraction of sp³-hybridized carbons (Fsp3) is 0.471. The number of anilines is 2. The number of nitrogens with zero attached hydrogens (tertiary/aromatic N) is 1. The zero-order valence-corrected chi connectivity index (χ0v) is 11.9. The van der Waals surface area contributed by atoms with Gasteiger partial charge in [0, 0.05) is 41.1 Å². The summed E-state index contributed by atoms with van der Waals surface area (Å²) in [7, 11) is 0. The van der Waals surface area contributed by atoms with Crippen LogP contribution in [0.15, 0.2) is 30.6 Å². The number of benzene rings is 1. The molecule has 1 aromatic carbocycles. The first-order valence-corrected chi connectivity index (χ1v) is 7.70. The molecule has 3 N–H and O–H groups in total. The van der Waals surface area contributed by atoms with Crippen molar-refractivity contribution >= 4 is 22.1 Å². The highest BCUT2D eigenvalue weighted by molar-refractivity contribution is 6.00. The van der Waals surface area contributed by atoms with E-state index in [2.05, 4.69) is 16.4 Å². The lowest BCUT2D eigenvalue weighted by molar-refractivity contribution is 0.345. The van der Waals surface area contributed by atoms with E-state index in [-0.39, 0.29) is 0 Å². The normalized spacial score (nSPS) is 16.4. The molecule has 0 radical (unpaired) electrons. The van der Waals surface area contributed by atoms with Gasteiger partial charge >= 0.3 is 0 Å². The Morgan fingerprint density at radius 1 is 1.10 bits per heavy atom. The van der Waals surface area contributed by atoms with Crippen molar-refractivity contribution in [1.29, 1.82) is 0 Å². The molecule has 3 nitrogen and oxygen atoms in total. The molecule has 1 fully saturated rings. The second kappa shape index (κ2) is 6.12. The van der Waals surface area contributed by atoms with Crippen LogP contribution in [0.5, 0.6) is 0 Å². The molecule has 0 saturated heterocycles. The summed E-state index contributed by atoms with van der Waals surface area (Å²) >= 11 is 0. The molecule has 0 unspecified atom stereocenters. The van der Waals surface area contributed by atoms with Crippen molar-refractivity contribution in [3.8, 4) is 0 Å². The minimum Gasteiger partial charge on any atom is -0.398 e. The highest BCUT2D eigenvalue weighted by atomic mass is 14.9. The van der Waals surface area contributed by atoms with E-state index < -0.39 is 0 Å². The molecular formula is C17H23N3. The van der Waals surface area contributed by atoms with Gasteiger partial charge in [0.25, 0.3) is 0 Å². The SMILES string of the molecule is Nc1ccc(NCCC2CCCCC2)c2ccncc12. The van der Waals surface area contributed by atoms with Crippen molar-refractivity contribution < 1.29 is 0 Å².